The zero-order chi connectivity index (χ0) is 11.7. The van der Waals surface area contributed by atoms with E-state index in [4.69, 9.17) is 25.4 Å². The SMILES string of the molecule is S=P(OC1CSC1)(OC1CSC1)OC1CSC1. The second-order valence-electron chi connectivity index (χ2n) is 4.24. The largest absolute Gasteiger partial charge is 0.328 e. The van der Waals surface area contributed by atoms with Gasteiger partial charge in [-0.25, -0.2) is 0 Å². The minimum Gasteiger partial charge on any atom is -0.304 e. The van der Waals surface area contributed by atoms with Crippen LogP contribution in [0.4, 0.5) is 0 Å². The van der Waals surface area contributed by atoms with Gasteiger partial charge in [-0.2, -0.15) is 35.3 Å². The second kappa shape index (κ2) is 5.92. The van der Waals surface area contributed by atoms with Crippen LogP contribution in [0, 0.1) is 0 Å². The smallest absolute Gasteiger partial charge is 0.304 e. The first kappa shape index (κ1) is 13.6. The van der Waals surface area contributed by atoms with E-state index < -0.39 is 6.72 Å². The molecule has 3 aliphatic heterocycles. The molecule has 0 aliphatic carbocycles. The fourth-order valence-corrected chi connectivity index (χ4v) is 6.53. The lowest BCUT2D eigenvalue weighted by molar-refractivity contribution is 0.0902. The summed E-state index contributed by atoms with van der Waals surface area (Å²) in [6.45, 7) is -2.49. The highest BCUT2D eigenvalue weighted by Gasteiger charge is 2.37. The normalized spacial score (nSPS) is 27.3. The van der Waals surface area contributed by atoms with Crippen LogP contribution in [0.15, 0.2) is 0 Å². The lowest BCUT2D eigenvalue weighted by Gasteiger charge is -2.38. The average Bonchev–Trinajstić information content (AvgIpc) is 2.13. The molecule has 0 spiro atoms. The molecule has 0 aromatic carbocycles. The third-order valence-corrected chi connectivity index (χ3v) is 8.75. The summed E-state index contributed by atoms with van der Waals surface area (Å²) in [5, 5.41) is 0. The van der Waals surface area contributed by atoms with E-state index in [1.54, 1.807) is 0 Å². The summed E-state index contributed by atoms with van der Waals surface area (Å²) in [6, 6.07) is 0. The van der Waals surface area contributed by atoms with Crippen LogP contribution in [-0.4, -0.2) is 52.8 Å². The van der Waals surface area contributed by atoms with Crippen LogP contribution in [0.3, 0.4) is 0 Å². The van der Waals surface area contributed by atoms with Gasteiger partial charge in [-0.05, 0) is 11.8 Å². The van der Waals surface area contributed by atoms with Crippen molar-refractivity contribution in [1.29, 1.82) is 0 Å². The van der Waals surface area contributed by atoms with Crippen molar-refractivity contribution in [2.75, 3.05) is 34.5 Å². The average molecular weight is 330 g/mol. The highest BCUT2D eigenvalue weighted by atomic mass is 32.5. The van der Waals surface area contributed by atoms with E-state index in [1.807, 2.05) is 35.3 Å². The molecule has 0 N–H and O–H groups in total. The molecule has 0 saturated carbocycles. The van der Waals surface area contributed by atoms with Gasteiger partial charge in [-0.1, -0.05) is 0 Å². The predicted molar refractivity (Wildman–Crippen MR) is 80.9 cm³/mol. The van der Waals surface area contributed by atoms with E-state index in [2.05, 4.69) is 0 Å². The minimum atomic E-state index is -2.49. The minimum absolute atomic E-state index is 0.256. The van der Waals surface area contributed by atoms with Crippen LogP contribution < -0.4 is 0 Å². The molecule has 0 aromatic heterocycles. The lowest BCUT2D eigenvalue weighted by atomic mass is 10.5. The van der Waals surface area contributed by atoms with Gasteiger partial charge in [0, 0.05) is 34.5 Å². The number of rotatable bonds is 6. The van der Waals surface area contributed by atoms with Gasteiger partial charge in [0.05, 0.1) is 18.3 Å². The molecule has 8 heteroatoms. The molecule has 0 unspecified atom stereocenters. The van der Waals surface area contributed by atoms with Crippen LogP contribution >= 0.6 is 42.0 Å². The first-order chi connectivity index (χ1) is 8.23. The van der Waals surface area contributed by atoms with Gasteiger partial charge in [-0.15, -0.1) is 0 Å². The molecule has 3 fully saturated rings. The Balaban J connectivity index is 1.57. The Morgan fingerprint density at radius 1 is 0.706 bits per heavy atom. The van der Waals surface area contributed by atoms with E-state index in [-0.39, 0.29) is 18.3 Å². The van der Waals surface area contributed by atoms with Crippen molar-refractivity contribution in [3.63, 3.8) is 0 Å². The van der Waals surface area contributed by atoms with Crippen molar-refractivity contribution in [2.24, 2.45) is 0 Å². The van der Waals surface area contributed by atoms with Crippen molar-refractivity contribution < 1.29 is 13.6 Å². The van der Waals surface area contributed by atoms with Crippen molar-refractivity contribution in [1.82, 2.24) is 0 Å². The van der Waals surface area contributed by atoms with E-state index in [0.29, 0.717) is 0 Å². The third kappa shape index (κ3) is 3.57. The Bertz CT molecular complexity index is 270. The van der Waals surface area contributed by atoms with Crippen LogP contribution in [0.5, 0.6) is 0 Å². The molecule has 0 atom stereocenters. The molecule has 3 rings (SSSR count). The Hall–Kier alpha value is 1.58. The van der Waals surface area contributed by atoms with E-state index in [1.165, 1.54) is 0 Å². The maximum Gasteiger partial charge on any atom is 0.328 e. The fourth-order valence-electron chi connectivity index (χ4n) is 1.45. The summed E-state index contributed by atoms with van der Waals surface area (Å²) in [6.07, 6.45) is 0.767. The van der Waals surface area contributed by atoms with Gasteiger partial charge in [0.25, 0.3) is 0 Å². The maximum absolute atomic E-state index is 5.93. The maximum atomic E-state index is 5.93. The molecule has 0 aromatic rings. The zero-order valence-electron chi connectivity index (χ0n) is 9.28. The standard InChI is InChI=1S/C9H15O3PS4/c14-13(10-7-1-15-2-7,11-8-3-16-4-8)12-9-5-17-6-9/h7-9H,1-6H2. The second-order valence-corrected chi connectivity index (χ2v) is 10.3. The Morgan fingerprint density at radius 2 is 1.00 bits per heavy atom. The molecule has 0 amide bonds. The highest BCUT2D eigenvalue weighted by Crippen LogP contribution is 2.57. The van der Waals surface area contributed by atoms with Crippen LogP contribution in [0.2, 0.25) is 0 Å². The quantitative estimate of drug-likeness (QED) is 0.691. The van der Waals surface area contributed by atoms with Gasteiger partial charge in [0.1, 0.15) is 0 Å². The van der Waals surface area contributed by atoms with E-state index in [0.717, 1.165) is 34.5 Å². The third-order valence-electron chi connectivity index (χ3n) is 2.66. The van der Waals surface area contributed by atoms with Gasteiger partial charge in [-0.3, -0.25) is 0 Å². The van der Waals surface area contributed by atoms with Crippen LogP contribution in [0.25, 0.3) is 0 Å². The monoisotopic (exact) mass is 330 g/mol. The van der Waals surface area contributed by atoms with Gasteiger partial charge < -0.3 is 13.6 Å². The van der Waals surface area contributed by atoms with Crippen molar-refractivity contribution >= 4 is 53.8 Å². The molecule has 3 heterocycles. The van der Waals surface area contributed by atoms with Crippen LogP contribution in [0.1, 0.15) is 0 Å². The predicted octanol–water partition coefficient (Wildman–Crippen LogP) is 2.61. The molecular weight excluding hydrogens is 315 g/mol. The van der Waals surface area contributed by atoms with Gasteiger partial charge >= 0.3 is 6.72 Å². The zero-order valence-corrected chi connectivity index (χ0v) is 13.4. The number of thioether (sulfide) groups is 3. The van der Waals surface area contributed by atoms with Crippen molar-refractivity contribution in [3.8, 4) is 0 Å². The Kier molecular flexibility index (Phi) is 4.72. The number of hydrogen-bond acceptors (Lipinski definition) is 7. The fraction of sp³-hybridized carbons (Fsp3) is 1.00. The van der Waals surface area contributed by atoms with Crippen molar-refractivity contribution in [2.45, 2.75) is 18.3 Å². The number of hydrogen-bond donors (Lipinski definition) is 0. The molecule has 3 aliphatic rings. The van der Waals surface area contributed by atoms with E-state index >= 15 is 0 Å². The molecule has 17 heavy (non-hydrogen) atoms. The topological polar surface area (TPSA) is 27.7 Å². The molecule has 0 radical (unpaired) electrons. The summed E-state index contributed by atoms with van der Waals surface area (Å²) >= 11 is 11.2. The molecule has 3 saturated heterocycles. The van der Waals surface area contributed by atoms with E-state index in [9.17, 15) is 0 Å². The Labute approximate surface area is 120 Å². The molecule has 0 bridgehead atoms. The highest BCUT2D eigenvalue weighted by molar-refractivity contribution is 8.08. The summed E-state index contributed by atoms with van der Waals surface area (Å²) in [5.41, 5.74) is 0. The van der Waals surface area contributed by atoms with Crippen molar-refractivity contribution in [3.05, 3.63) is 0 Å². The summed E-state index contributed by atoms with van der Waals surface area (Å²) in [7, 11) is 0. The Morgan fingerprint density at radius 3 is 1.18 bits per heavy atom. The summed E-state index contributed by atoms with van der Waals surface area (Å²) < 4.78 is 17.8. The molecule has 98 valence electrons. The lowest BCUT2D eigenvalue weighted by Crippen LogP contribution is -2.34. The molecule has 3 nitrogen and oxygen atoms in total. The first-order valence-corrected chi connectivity index (χ1v) is 11.6. The summed E-state index contributed by atoms with van der Waals surface area (Å²) in [4.78, 5) is 0. The summed E-state index contributed by atoms with van der Waals surface area (Å²) in [5.74, 6) is 6.19. The first-order valence-electron chi connectivity index (χ1n) is 5.62. The molecular formula is C9H15O3PS4. The van der Waals surface area contributed by atoms with Crippen LogP contribution in [-0.2, 0) is 25.4 Å². The van der Waals surface area contributed by atoms with Gasteiger partial charge in [0.2, 0.25) is 0 Å². The van der Waals surface area contributed by atoms with Gasteiger partial charge in [0.15, 0.2) is 0 Å².